The van der Waals surface area contributed by atoms with Crippen molar-refractivity contribution in [1.29, 1.82) is 0 Å². The molecular weight excluding hydrogens is 172 g/mol. The molecule has 0 bridgehead atoms. The number of alkyl halides is 2. The summed E-state index contributed by atoms with van der Waals surface area (Å²) >= 11 is 0. The average molecular weight is 177 g/mol. The molecule has 0 saturated carbocycles. The van der Waals surface area contributed by atoms with Gasteiger partial charge < -0.3 is 10.1 Å². The van der Waals surface area contributed by atoms with Crippen LogP contribution in [0.4, 0.5) is 14.6 Å². The third kappa shape index (κ3) is 1.39. The van der Waals surface area contributed by atoms with Gasteiger partial charge >= 0.3 is 12.4 Å². The molecule has 7 heteroatoms. The van der Waals surface area contributed by atoms with E-state index in [1.807, 2.05) is 0 Å². The van der Waals surface area contributed by atoms with Crippen molar-refractivity contribution in [3.8, 4) is 0 Å². The van der Waals surface area contributed by atoms with Crippen molar-refractivity contribution in [1.82, 2.24) is 9.78 Å². The van der Waals surface area contributed by atoms with Gasteiger partial charge in [-0.2, -0.15) is 8.78 Å². The van der Waals surface area contributed by atoms with Crippen molar-refractivity contribution in [2.24, 2.45) is 0 Å². The summed E-state index contributed by atoms with van der Waals surface area (Å²) in [4.78, 5) is 9.35. The van der Waals surface area contributed by atoms with Crippen molar-refractivity contribution in [3.05, 3.63) is 21.9 Å². The SMILES string of the molecule is Cc1cn(C(F)F)nc1[N+](=O)[O-]. The van der Waals surface area contributed by atoms with Crippen LogP contribution in [-0.2, 0) is 0 Å². The van der Waals surface area contributed by atoms with Crippen molar-refractivity contribution in [2.75, 3.05) is 0 Å². The van der Waals surface area contributed by atoms with Gasteiger partial charge in [-0.3, -0.25) is 0 Å². The van der Waals surface area contributed by atoms with Crippen LogP contribution in [0.3, 0.4) is 0 Å². The first kappa shape index (κ1) is 8.57. The molecule has 1 heterocycles. The Morgan fingerprint density at radius 1 is 1.75 bits per heavy atom. The third-order valence-corrected chi connectivity index (χ3v) is 1.26. The zero-order chi connectivity index (χ0) is 9.30. The topological polar surface area (TPSA) is 61.0 Å². The molecular formula is C5H5F2N3O2. The summed E-state index contributed by atoms with van der Waals surface area (Å²) in [5.41, 5.74) is 0.125. The van der Waals surface area contributed by atoms with Gasteiger partial charge in [-0.25, -0.2) is 0 Å². The van der Waals surface area contributed by atoms with Crippen LogP contribution >= 0.6 is 0 Å². The second kappa shape index (κ2) is 2.84. The van der Waals surface area contributed by atoms with Gasteiger partial charge in [-0.15, -0.1) is 4.68 Å². The minimum absolute atomic E-state index is 0.125. The summed E-state index contributed by atoms with van der Waals surface area (Å²) in [5.74, 6) is -0.532. The molecule has 0 aliphatic heterocycles. The Morgan fingerprint density at radius 3 is 2.58 bits per heavy atom. The monoisotopic (exact) mass is 177 g/mol. The predicted molar refractivity (Wildman–Crippen MR) is 34.9 cm³/mol. The Balaban J connectivity index is 3.09. The van der Waals surface area contributed by atoms with Gasteiger partial charge in [0.1, 0.15) is 0 Å². The maximum absolute atomic E-state index is 11.9. The summed E-state index contributed by atoms with van der Waals surface area (Å²) in [6.07, 6.45) is 0.933. The molecule has 0 aromatic carbocycles. The van der Waals surface area contributed by atoms with Crippen molar-refractivity contribution in [3.63, 3.8) is 0 Å². The molecule has 1 aromatic rings. The number of rotatable bonds is 2. The molecule has 0 spiro atoms. The zero-order valence-corrected chi connectivity index (χ0v) is 6.07. The minimum Gasteiger partial charge on any atom is -0.358 e. The fourth-order valence-electron chi connectivity index (χ4n) is 0.754. The molecule has 5 nitrogen and oxygen atoms in total. The fraction of sp³-hybridized carbons (Fsp3) is 0.400. The standard InChI is InChI=1S/C5H5F2N3O2/c1-3-2-9(5(6)7)8-4(3)10(11)12/h2,5H,1H3. The lowest BCUT2D eigenvalue weighted by Gasteiger charge is -1.88. The molecule has 66 valence electrons. The molecule has 0 atom stereocenters. The first-order valence-electron chi connectivity index (χ1n) is 3.00. The smallest absolute Gasteiger partial charge is 0.358 e. The number of hydrogen-bond acceptors (Lipinski definition) is 3. The van der Waals surface area contributed by atoms with E-state index in [4.69, 9.17) is 0 Å². The number of aromatic nitrogens is 2. The fourth-order valence-corrected chi connectivity index (χ4v) is 0.754. The highest BCUT2D eigenvalue weighted by molar-refractivity contribution is 5.27. The van der Waals surface area contributed by atoms with E-state index >= 15 is 0 Å². The van der Waals surface area contributed by atoms with Crippen molar-refractivity contribution >= 4 is 5.82 Å². The molecule has 0 aliphatic carbocycles. The maximum Gasteiger partial charge on any atom is 0.393 e. The Morgan fingerprint density at radius 2 is 2.33 bits per heavy atom. The molecule has 0 aliphatic rings. The molecule has 12 heavy (non-hydrogen) atoms. The summed E-state index contributed by atoms with van der Waals surface area (Å²) in [6.45, 7) is -1.48. The highest BCUT2D eigenvalue weighted by Crippen LogP contribution is 2.18. The van der Waals surface area contributed by atoms with E-state index in [0.29, 0.717) is 0 Å². The zero-order valence-electron chi connectivity index (χ0n) is 6.07. The molecule has 0 N–H and O–H groups in total. The number of hydrogen-bond donors (Lipinski definition) is 0. The maximum atomic E-state index is 11.9. The lowest BCUT2D eigenvalue weighted by molar-refractivity contribution is -0.390. The first-order valence-corrected chi connectivity index (χ1v) is 3.00. The van der Waals surface area contributed by atoms with Gasteiger partial charge in [0.2, 0.25) is 0 Å². The summed E-state index contributed by atoms with van der Waals surface area (Å²) < 4.78 is 24.1. The van der Waals surface area contributed by atoms with Crippen LogP contribution < -0.4 is 0 Å². The van der Waals surface area contributed by atoms with E-state index < -0.39 is 17.3 Å². The molecule has 0 radical (unpaired) electrons. The molecule has 0 amide bonds. The van der Waals surface area contributed by atoms with Gasteiger partial charge in [0.05, 0.1) is 16.9 Å². The Hall–Kier alpha value is -1.53. The number of nitrogens with zero attached hydrogens (tertiary/aromatic N) is 3. The Labute approximate surface area is 65.8 Å². The lowest BCUT2D eigenvalue weighted by atomic mass is 10.4. The average Bonchev–Trinajstić information content (AvgIpc) is 2.30. The van der Waals surface area contributed by atoms with Gasteiger partial charge in [-0.05, 0) is 11.8 Å². The Kier molecular flexibility index (Phi) is 2.03. The van der Waals surface area contributed by atoms with E-state index in [2.05, 4.69) is 5.10 Å². The summed E-state index contributed by atoms with van der Waals surface area (Å²) in [6, 6.07) is 0. The summed E-state index contributed by atoms with van der Waals surface area (Å²) in [7, 11) is 0. The molecule has 0 saturated heterocycles. The highest BCUT2D eigenvalue weighted by atomic mass is 19.3. The van der Waals surface area contributed by atoms with Gasteiger partial charge in [0.25, 0.3) is 0 Å². The molecule has 1 rings (SSSR count). The van der Waals surface area contributed by atoms with Crippen LogP contribution in [0.5, 0.6) is 0 Å². The minimum atomic E-state index is -2.84. The van der Waals surface area contributed by atoms with Crippen molar-refractivity contribution in [2.45, 2.75) is 13.5 Å². The lowest BCUT2D eigenvalue weighted by Crippen LogP contribution is -1.99. The van der Waals surface area contributed by atoms with E-state index in [9.17, 15) is 18.9 Å². The van der Waals surface area contributed by atoms with Gasteiger partial charge in [0.15, 0.2) is 0 Å². The van der Waals surface area contributed by atoms with Gasteiger partial charge in [-0.1, -0.05) is 0 Å². The quantitative estimate of drug-likeness (QED) is 0.507. The van der Waals surface area contributed by atoms with E-state index in [0.717, 1.165) is 6.20 Å². The van der Waals surface area contributed by atoms with Crippen LogP contribution in [-0.4, -0.2) is 14.7 Å². The predicted octanol–water partition coefficient (Wildman–Crippen LogP) is 1.49. The van der Waals surface area contributed by atoms with E-state index in [1.54, 1.807) is 0 Å². The molecule has 0 fully saturated rings. The van der Waals surface area contributed by atoms with Crippen LogP contribution in [0.15, 0.2) is 6.20 Å². The second-order valence-corrected chi connectivity index (χ2v) is 2.15. The van der Waals surface area contributed by atoms with Crippen LogP contribution in [0.1, 0.15) is 12.1 Å². The largest absolute Gasteiger partial charge is 0.393 e. The van der Waals surface area contributed by atoms with Crippen molar-refractivity contribution < 1.29 is 13.7 Å². The molecule has 0 unspecified atom stereocenters. The second-order valence-electron chi connectivity index (χ2n) is 2.15. The van der Waals surface area contributed by atoms with Crippen LogP contribution in [0.2, 0.25) is 0 Å². The van der Waals surface area contributed by atoms with Gasteiger partial charge in [0, 0.05) is 0 Å². The van der Waals surface area contributed by atoms with Crippen LogP contribution in [0, 0.1) is 17.0 Å². The first-order chi connectivity index (χ1) is 5.52. The van der Waals surface area contributed by atoms with E-state index in [1.165, 1.54) is 6.92 Å². The molecule has 1 aromatic heterocycles. The number of halogens is 2. The summed E-state index contributed by atoms with van der Waals surface area (Å²) in [5, 5.41) is 13.2. The van der Waals surface area contributed by atoms with Crippen LogP contribution in [0.25, 0.3) is 0 Å². The third-order valence-electron chi connectivity index (χ3n) is 1.26. The van der Waals surface area contributed by atoms with E-state index in [-0.39, 0.29) is 10.2 Å². The number of nitro groups is 1. The Bertz CT molecular complexity index is 310. The number of aryl methyl sites for hydroxylation is 1. The normalized spacial score (nSPS) is 10.7. The highest BCUT2D eigenvalue weighted by Gasteiger charge is 2.21.